The average molecular weight is 356 g/mol. The lowest BCUT2D eigenvalue weighted by atomic mass is 9.97. The van der Waals surface area contributed by atoms with Crippen LogP contribution in [0, 0.1) is 6.92 Å². The number of thiophene rings is 1. The van der Waals surface area contributed by atoms with Gasteiger partial charge in [-0.1, -0.05) is 24.3 Å². The summed E-state index contributed by atoms with van der Waals surface area (Å²) in [6.07, 6.45) is 4.63. The molecule has 0 aliphatic carbocycles. The molecule has 25 heavy (non-hydrogen) atoms. The van der Waals surface area contributed by atoms with E-state index in [9.17, 15) is 4.79 Å². The Morgan fingerprint density at radius 2 is 1.92 bits per heavy atom. The molecule has 4 rings (SSSR count). The lowest BCUT2D eigenvalue weighted by Gasteiger charge is -2.39. The molecule has 1 aromatic carbocycles. The molecule has 2 aromatic rings. The molecule has 2 fully saturated rings. The van der Waals surface area contributed by atoms with E-state index < -0.39 is 0 Å². The van der Waals surface area contributed by atoms with Crippen LogP contribution in [0.25, 0.3) is 0 Å². The van der Waals surface area contributed by atoms with Crippen molar-refractivity contribution in [2.45, 2.75) is 57.3 Å². The van der Waals surface area contributed by atoms with Crippen molar-refractivity contribution in [3.05, 3.63) is 52.2 Å². The van der Waals surface area contributed by atoms with Gasteiger partial charge in [-0.05, 0) is 55.7 Å². The second-order valence-corrected chi connectivity index (χ2v) is 8.25. The van der Waals surface area contributed by atoms with Crippen LogP contribution in [0.5, 0.6) is 0 Å². The molecule has 2 atom stereocenters. The van der Waals surface area contributed by atoms with Crippen LogP contribution in [0.2, 0.25) is 0 Å². The highest BCUT2D eigenvalue weighted by Gasteiger charge is 2.41. The standard InChI is InChI=1S/C20H25N3OS/c1-14-5-2-3-7-19(14)22-20(24)21-15-11-16-8-9-17(12-15)23(16)13-18-6-4-10-25-18/h2-7,10,15-17H,8-9,11-13H2,1H3,(H2,21,22,24)/t16-,17-/m1/s1. The summed E-state index contributed by atoms with van der Waals surface area (Å²) in [5, 5.41) is 8.35. The minimum Gasteiger partial charge on any atom is -0.335 e. The second kappa shape index (κ2) is 7.18. The van der Waals surface area contributed by atoms with E-state index in [2.05, 4.69) is 33.0 Å². The zero-order valence-corrected chi connectivity index (χ0v) is 15.4. The van der Waals surface area contributed by atoms with Gasteiger partial charge in [-0.2, -0.15) is 0 Å². The normalized spacial score (nSPS) is 25.7. The number of para-hydroxylation sites is 1. The summed E-state index contributed by atoms with van der Waals surface area (Å²) in [6, 6.07) is 13.7. The zero-order chi connectivity index (χ0) is 17.2. The molecule has 4 nitrogen and oxygen atoms in total. The molecule has 1 aromatic heterocycles. The molecule has 0 spiro atoms. The van der Waals surface area contributed by atoms with Crippen molar-refractivity contribution in [3.63, 3.8) is 0 Å². The Kier molecular flexibility index (Phi) is 4.77. The van der Waals surface area contributed by atoms with Crippen molar-refractivity contribution < 1.29 is 4.79 Å². The Morgan fingerprint density at radius 3 is 2.60 bits per heavy atom. The molecule has 2 saturated heterocycles. The van der Waals surface area contributed by atoms with Crippen LogP contribution in [0.4, 0.5) is 10.5 Å². The Bertz CT molecular complexity index is 716. The van der Waals surface area contributed by atoms with Gasteiger partial charge in [0.05, 0.1) is 0 Å². The number of amides is 2. The summed E-state index contributed by atoms with van der Waals surface area (Å²) in [7, 11) is 0. The maximum atomic E-state index is 12.4. The topological polar surface area (TPSA) is 44.4 Å². The fourth-order valence-electron chi connectivity index (χ4n) is 4.29. The van der Waals surface area contributed by atoms with Gasteiger partial charge in [0.1, 0.15) is 0 Å². The second-order valence-electron chi connectivity index (χ2n) is 7.22. The maximum Gasteiger partial charge on any atom is 0.319 e. The number of hydrogen-bond acceptors (Lipinski definition) is 3. The molecule has 2 bridgehead atoms. The quantitative estimate of drug-likeness (QED) is 0.855. The van der Waals surface area contributed by atoms with Crippen molar-refractivity contribution in [1.29, 1.82) is 0 Å². The van der Waals surface area contributed by atoms with Gasteiger partial charge in [0, 0.05) is 35.2 Å². The SMILES string of the molecule is Cc1ccccc1NC(=O)NC1C[C@H]2CC[C@H](C1)N2Cc1cccs1. The molecule has 132 valence electrons. The van der Waals surface area contributed by atoms with Crippen molar-refractivity contribution in [1.82, 2.24) is 10.2 Å². The van der Waals surface area contributed by atoms with Crippen molar-refractivity contribution in [2.24, 2.45) is 0 Å². The number of carbonyl (C=O) groups excluding carboxylic acids is 1. The first kappa shape index (κ1) is 16.6. The van der Waals surface area contributed by atoms with E-state index in [1.807, 2.05) is 42.5 Å². The Labute approximate surface area is 153 Å². The van der Waals surface area contributed by atoms with E-state index in [4.69, 9.17) is 0 Å². The highest BCUT2D eigenvalue weighted by molar-refractivity contribution is 7.09. The van der Waals surface area contributed by atoms with E-state index in [1.165, 1.54) is 17.7 Å². The van der Waals surface area contributed by atoms with Crippen LogP contribution in [-0.4, -0.2) is 29.1 Å². The summed E-state index contributed by atoms with van der Waals surface area (Å²) in [4.78, 5) is 16.5. The number of nitrogens with zero attached hydrogens (tertiary/aromatic N) is 1. The van der Waals surface area contributed by atoms with Crippen molar-refractivity contribution in [3.8, 4) is 0 Å². The van der Waals surface area contributed by atoms with Crippen LogP contribution < -0.4 is 10.6 Å². The number of fused-ring (bicyclic) bond motifs is 2. The van der Waals surface area contributed by atoms with Crippen LogP contribution in [0.1, 0.15) is 36.1 Å². The molecule has 0 saturated carbocycles. The molecular weight excluding hydrogens is 330 g/mol. The fourth-order valence-corrected chi connectivity index (χ4v) is 5.00. The monoisotopic (exact) mass is 355 g/mol. The highest BCUT2D eigenvalue weighted by atomic mass is 32.1. The number of piperidine rings is 1. The van der Waals surface area contributed by atoms with Crippen LogP contribution in [0.3, 0.4) is 0 Å². The van der Waals surface area contributed by atoms with Crippen LogP contribution in [0.15, 0.2) is 41.8 Å². The number of nitrogens with one attached hydrogen (secondary N) is 2. The molecular formula is C20H25N3OS. The molecule has 2 N–H and O–H groups in total. The van der Waals surface area contributed by atoms with E-state index >= 15 is 0 Å². The summed E-state index contributed by atoms with van der Waals surface area (Å²) < 4.78 is 0. The predicted molar refractivity (Wildman–Crippen MR) is 103 cm³/mol. The van der Waals surface area contributed by atoms with E-state index in [1.54, 1.807) is 0 Å². The van der Waals surface area contributed by atoms with E-state index in [0.717, 1.165) is 30.6 Å². The number of carbonyl (C=O) groups is 1. The first-order chi connectivity index (χ1) is 12.2. The summed E-state index contributed by atoms with van der Waals surface area (Å²) in [5.74, 6) is 0. The van der Waals surface area contributed by atoms with Gasteiger partial charge >= 0.3 is 6.03 Å². The first-order valence-electron chi connectivity index (χ1n) is 9.10. The predicted octanol–water partition coefficient (Wildman–Crippen LogP) is 4.37. The van der Waals surface area contributed by atoms with Gasteiger partial charge in [0.25, 0.3) is 0 Å². The lowest BCUT2D eigenvalue weighted by Crippen LogP contribution is -2.50. The molecule has 2 amide bonds. The third kappa shape index (κ3) is 3.72. The van der Waals surface area contributed by atoms with Gasteiger partial charge in [-0.25, -0.2) is 4.79 Å². The van der Waals surface area contributed by atoms with Gasteiger partial charge in [-0.3, -0.25) is 4.90 Å². The van der Waals surface area contributed by atoms with Crippen LogP contribution in [-0.2, 0) is 6.54 Å². The summed E-state index contributed by atoms with van der Waals surface area (Å²) in [6.45, 7) is 3.08. The number of aryl methyl sites for hydroxylation is 1. The summed E-state index contributed by atoms with van der Waals surface area (Å²) >= 11 is 1.84. The number of benzene rings is 1. The molecule has 0 radical (unpaired) electrons. The number of hydrogen-bond donors (Lipinski definition) is 2. The largest absolute Gasteiger partial charge is 0.335 e. The third-order valence-electron chi connectivity index (χ3n) is 5.53. The fraction of sp³-hybridized carbons (Fsp3) is 0.450. The maximum absolute atomic E-state index is 12.4. The summed E-state index contributed by atoms with van der Waals surface area (Å²) in [5.41, 5.74) is 1.97. The van der Waals surface area contributed by atoms with E-state index in [-0.39, 0.29) is 12.1 Å². The Balaban J connectivity index is 1.33. The molecule has 0 unspecified atom stereocenters. The van der Waals surface area contributed by atoms with Gasteiger partial charge in [0.15, 0.2) is 0 Å². The van der Waals surface area contributed by atoms with Gasteiger partial charge < -0.3 is 10.6 Å². The minimum absolute atomic E-state index is 0.0783. The minimum atomic E-state index is -0.0783. The smallest absolute Gasteiger partial charge is 0.319 e. The lowest BCUT2D eigenvalue weighted by molar-refractivity contribution is 0.113. The molecule has 5 heteroatoms. The molecule has 2 aliphatic rings. The Morgan fingerprint density at radius 1 is 1.16 bits per heavy atom. The van der Waals surface area contributed by atoms with Gasteiger partial charge in [-0.15, -0.1) is 11.3 Å². The zero-order valence-electron chi connectivity index (χ0n) is 14.6. The number of anilines is 1. The van der Waals surface area contributed by atoms with Crippen molar-refractivity contribution in [2.75, 3.05) is 5.32 Å². The molecule has 2 aliphatic heterocycles. The third-order valence-corrected chi connectivity index (χ3v) is 6.39. The molecule has 3 heterocycles. The first-order valence-corrected chi connectivity index (χ1v) is 9.98. The Hall–Kier alpha value is -1.85. The van der Waals surface area contributed by atoms with Gasteiger partial charge in [0.2, 0.25) is 0 Å². The highest BCUT2D eigenvalue weighted by Crippen LogP contribution is 2.37. The number of rotatable bonds is 4. The van der Waals surface area contributed by atoms with Crippen molar-refractivity contribution >= 4 is 23.1 Å². The number of urea groups is 1. The van der Waals surface area contributed by atoms with E-state index in [0.29, 0.717) is 12.1 Å². The van der Waals surface area contributed by atoms with Crippen LogP contribution >= 0.6 is 11.3 Å². The average Bonchev–Trinajstić information content (AvgIpc) is 3.17.